The van der Waals surface area contributed by atoms with Gasteiger partial charge in [0.2, 0.25) is 5.91 Å². The Bertz CT molecular complexity index is 866. The van der Waals surface area contributed by atoms with Gasteiger partial charge >= 0.3 is 0 Å². The van der Waals surface area contributed by atoms with Crippen LogP contribution < -0.4 is 0 Å². The Morgan fingerprint density at radius 1 is 1.12 bits per heavy atom. The highest BCUT2D eigenvalue weighted by atomic mass is 16.2. The van der Waals surface area contributed by atoms with E-state index in [4.69, 9.17) is 0 Å². The summed E-state index contributed by atoms with van der Waals surface area (Å²) in [4.78, 5) is 17.8. The van der Waals surface area contributed by atoms with E-state index in [2.05, 4.69) is 53.5 Å². The SMILES string of the molecule is CC(=O)N1CCc2c([nH]c3ccccc23)C1CCc1ccccc1. The third-order valence-corrected chi connectivity index (χ3v) is 5.11. The number of hydrogen-bond donors (Lipinski definition) is 1. The van der Waals surface area contributed by atoms with Gasteiger partial charge in [0.15, 0.2) is 0 Å². The van der Waals surface area contributed by atoms with Crippen molar-refractivity contribution < 1.29 is 4.79 Å². The molecule has 0 saturated carbocycles. The molecule has 1 unspecified atom stereocenters. The number of amides is 1. The molecule has 3 heteroatoms. The monoisotopic (exact) mass is 318 g/mol. The van der Waals surface area contributed by atoms with Gasteiger partial charge in [-0.2, -0.15) is 0 Å². The van der Waals surface area contributed by atoms with Crippen LogP contribution in [0.1, 0.15) is 36.2 Å². The van der Waals surface area contributed by atoms with Crippen molar-refractivity contribution in [3.63, 3.8) is 0 Å². The van der Waals surface area contributed by atoms with E-state index >= 15 is 0 Å². The lowest BCUT2D eigenvalue weighted by molar-refractivity contribution is -0.131. The number of nitrogens with zero attached hydrogens (tertiary/aromatic N) is 1. The molecule has 4 rings (SSSR count). The third kappa shape index (κ3) is 2.60. The number of aryl methyl sites for hydroxylation is 1. The Morgan fingerprint density at radius 3 is 2.67 bits per heavy atom. The normalized spacial score (nSPS) is 17.0. The zero-order chi connectivity index (χ0) is 16.5. The summed E-state index contributed by atoms with van der Waals surface area (Å²) in [5.74, 6) is 0.164. The lowest BCUT2D eigenvalue weighted by atomic mass is 9.93. The summed E-state index contributed by atoms with van der Waals surface area (Å²) < 4.78 is 0. The van der Waals surface area contributed by atoms with E-state index in [9.17, 15) is 4.79 Å². The molecule has 122 valence electrons. The molecule has 1 aromatic heterocycles. The van der Waals surface area contributed by atoms with Gasteiger partial charge in [-0.25, -0.2) is 0 Å². The molecule has 2 heterocycles. The van der Waals surface area contributed by atoms with Crippen molar-refractivity contribution in [2.75, 3.05) is 6.54 Å². The molecule has 1 amide bonds. The average molecular weight is 318 g/mol. The van der Waals surface area contributed by atoms with Crippen LogP contribution in [0.4, 0.5) is 0 Å². The summed E-state index contributed by atoms with van der Waals surface area (Å²) in [6.07, 6.45) is 2.86. The number of H-pyrrole nitrogens is 1. The van der Waals surface area contributed by atoms with E-state index in [0.717, 1.165) is 25.8 Å². The molecule has 1 aliphatic heterocycles. The van der Waals surface area contributed by atoms with Crippen LogP contribution in [0.2, 0.25) is 0 Å². The van der Waals surface area contributed by atoms with Gasteiger partial charge in [-0.05, 0) is 36.5 Å². The van der Waals surface area contributed by atoms with E-state index < -0.39 is 0 Å². The van der Waals surface area contributed by atoms with Crippen molar-refractivity contribution in [3.8, 4) is 0 Å². The largest absolute Gasteiger partial charge is 0.356 e. The first kappa shape index (κ1) is 15.0. The Hall–Kier alpha value is -2.55. The maximum Gasteiger partial charge on any atom is 0.220 e. The topological polar surface area (TPSA) is 36.1 Å². The minimum Gasteiger partial charge on any atom is -0.356 e. The first-order valence-corrected chi connectivity index (χ1v) is 8.64. The van der Waals surface area contributed by atoms with Gasteiger partial charge in [0.25, 0.3) is 0 Å². The molecule has 2 aromatic carbocycles. The van der Waals surface area contributed by atoms with Gasteiger partial charge in [0.05, 0.1) is 6.04 Å². The fourth-order valence-corrected chi connectivity index (χ4v) is 3.94. The maximum absolute atomic E-state index is 12.2. The van der Waals surface area contributed by atoms with E-state index in [1.165, 1.54) is 27.7 Å². The predicted octanol–water partition coefficient (Wildman–Crippen LogP) is 4.25. The van der Waals surface area contributed by atoms with Crippen LogP contribution in [0.15, 0.2) is 54.6 Å². The zero-order valence-electron chi connectivity index (χ0n) is 14.0. The van der Waals surface area contributed by atoms with Crippen molar-refractivity contribution in [1.29, 1.82) is 0 Å². The fraction of sp³-hybridized carbons (Fsp3) is 0.286. The summed E-state index contributed by atoms with van der Waals surface area (Å²) in [5, 5.41) is 1.31. The van der Waals surface area contributed by atoms with Crippen molar-refractivity contribution >= 4 is 16.8 Å². The van der Waals surface area contributed by atoms with Gasteiger partial charge in [-0.15, -0.1) is 0 Å². The maximum atomic E-state index is 12.2. The lowest BCUT2D eigenvalue weighted by Gasteiger charge is -2.35. The smallest absolute Gasteiger partial charge is 0.220 e. The van der Waals surface area contributed by atoms with E-state index in [-0.39, 0.29) is 11.9 Å². The molecule has 1 aliphatic rings. The van der Waals surface area contributed by atoms with Crippen LogP contribution in [0.25, 0.3) is 10.9 Å². The molecule has 0 saturated heterocycles. The number of benzene rings is 2. The number of fused-ring (bicyclic) bond motifs is 3. The third-order valence-electron chi connectivity index (χ3n) is 5.11. The van der Waals surface area contributed by atoms with Crippen LogP contribution in [-0.4, -0.2) is 22.3 Å². The summed E-state index contributed by atoms with van der Waals surface area (Å²) >= 11 is 0. The van der Waals surface area contributed by atoms with Crippen molar-refractivity contribution in [2.24, 2.45) is 0 Å². The Balaban J connectivity index is 1.70. The van der Waals surface area contributed by atoms with Gasteiger partial charge in [0, 0.05) is 30.1 Å². The summed E-state index contributed by atoms with van der Waals surface area (Å²) in [7, 11) is 0. The predicted molar refractivity (Wildman–Crippen MR) is 96.9 cm³/mol. The second-order valence-corrected chi connectivity index (χ2v) is 6.57. The molecule has 24 heavy (non-hydrogen) atoms. The molecular formula is C21H22N2O. The summed E-state index contributed by atoms with van der Waals surface area (Å²) in [6.45, 7) is 2.49. The Labute approximate surface area is 142 Å². The zero-order valence-corrected chi connectivity index (χ0v) is 14.0. The number of aromatic amines is 1. The van der Waals surface area contributed by atoms with Crippen LogP contribution >= 0.6 is 0 Å². The second-order valence-electron chi connectivity index (χ2n) is 6.57. The number of carbonyl (C=O) groups is 1. The molecule has 3 nitrogen and oxygen atoms in total. The van der Waals surface area contributed by atoms with Crippen molar-refractivity contribution in [2.45, 2.75) is 32.2 Å². The summed E-state index contributed by atoms with van der Waals surface area (Å²) in [6, 6.07) is 19.1. The van der Waals surface area contributed by atoms with Crippen LogP contribution in [-0.2, 0) is 17.6 Å². The molecule has 0 fully saturated rings. The quantitative estimate of drug-likeness (QED) is 0.770. The highest BCUT2D eigenvalue weighted by molar-refractivity contribution is 5.86. The first-order valence-electron chi connectivity index (χ1n) is 8.64. The minimum absolute atomic E-state index is 0.138. The number of aromatic nitrogens is 1. The van der Waals surface area contributed by atoms with Gasteiger partial charge in [-0.3, -0.25) is 4.79 Å². The number of hydrogen-bond acceptors (Lipinski definition) is 1. The number of para-hydroxylation sites is 1. The first-order chi connectivity index (χ1) is 11.7. The molecule has 1 atom stereocenters. The lowest BCUT2D eigenvalue weighted by Crippen LogP contribution is -2.39. The highest BCUT2D eigenvalue weighted by Crippen LogP contribution is 2.36. The van der Waals surface area contributed by atoms with Gasteiger partial charge in [-0.1, -0.05) is 48.5 Å². The van der Waals surface area contributed by atoms with Crippen LogP contribution in [0.3, 0.4) is 0 Å². The highest BCUT2D eigenvalue weighted by Gasteiger charge is 2.31. The fourth-order valence-electron chi connectivity index (χ4n) is 3.94. The molecule has 0 bridgehead atoms. The van der Waals surface area contributed by atoms with Gasteiger partial charge in [0.1, 0.15) is 0 Å². The van der Waals surface area contributed by atoms with E-state index in [0.29, 0.717) is 0 Å². The van der Waals surface area contributed by atoms with Crippen molar-refractivity contribution in [1.82, 2.24) is 9.88 Å². The molecule has 3 aromatic rings. The second kappa shape index (κ2) is 6.16. The standard InChI is InChI=1S/C21H22N2O/c1-15(24)23-14-13-18-17-9-5-6-10-19(17)22-21(18)20(23)12-11-16-7-3-2-4-8-16/h2-10,20,22H,11-14H2,1H3. The molecule has 0 aliphatic carbocycles. The van der Waals surface area contributed by atoms with Crippen LogP contribution in [0, 0.1) is 0 Å². The van der Waals surface area contributed by atoms with E-state index in [1.54, 1.807) is 6.92 Å². The van der Waals surface area contributed by atoms with Crippen molar-refractivity contribution in [3.05, 3.63) is 71.4 Å². The minimum atomic E-state index is 0.138. The number of carbonyl (C=O) groups excluding carboxylic acids is 1. The van der Waals surface area contributed by atoms with Gasteiger partial charge < -0.3 is 9.88 Å². The Kier molecular flexibility index (Phi) is 3.85. The molecule has 0 radical (unpaired) electrons. The number of rotatable bonds is 3. The average Bonchev–Trinajstić information content (AvgIpc) is 2.99. The number of nitrogens with one attached hydrogen (secondary N) is 1. The summed E-state index contributed by atoms with van der Waals surface area (Å²) in [5.41, 5.74) is 5.12. The molecular weight excluding hydrogens is 296 g/mol. The van der Waals surface area contributed by atoms with Crippen LogP contribution in [0.5, 0.6) is 0 Å². The molecule has 0 spiro atoms. The Morgan fingerprint density at radius 2 is 1.88 bits per heavy atom. The van der Waals surface area contributed by atoms with E-state index in [1.807, 2.05) is 11.0 Å². The molecule has 1 N–H and O–H groups in total.